The first-order valence-electron chi connectivity index (χ1n) is 5.47. The summed E-state index contributed by atoms with van der Waals surface area (Å²) in [5.74, 6) is -0.331. The predicted molar refractivity (Wildman–Crippen MR) is 67.3 cm³/mol. The lowest BCUT2D eigenvalue weighted by molar-refractivity contribution is -0.121. The van der Waals surface area contributed by atoms with Crippen LogP contribution in [0.1, 0.15) is 6.92 Å². The van der Waals surface area contributed by atoms with Crippen molar-refractivity contribution in [2.24, 2.45) is 0 Å². The van der Waals surface area contributed by atoms with Gasteiger partial charge >= 0.3 is 0 Å². The van der Waals surface area contributed by atoms with Gasteiger partial charge in [-0.15, -0.1) is 0 Å². The lowest BCUT2D eigenvalue weighted by Gasteiger charge is -2.17. The molecule has 0 fully saturated rings. The van der Waals surface area contributed by atoms with Crippen LogP contribution in [0.4, 0.5) is 0 Å². The fourth-order valence-corrected chi connectivity index (χ4v) is 1.73. The smallest absolute Gasteiger partial charge is 0.235 e. The molecule has 1 atom stereocenters. The van der Waals surface area contributed by atoms with E-state index in [1.165, 1.54) is 7.05 Å². The van der Waals surface area contributed by atoms with Crippen LogP contribution in [0.2, 0.25) is 0 Å². The number of likely N-dealkylation sites (N-methyl/N-ethyl adjacent to an activating group) is 1. The Labute approximate surface area is 107 Å². The normalized spacial score (nSPS) is 13.6. The number of sulfonamides is 1. The first-order chi connectivity index (χ1) is 8.29. The predicted octanol–water partition coefficient (Wildman–Crippen LogP) is -0.721. The van der Waals surface area contributed by atoms with Crippen molar-refractivity contribution in [2.75, 3.05) is 19.8 Å². The highest BCUT2D eigenvalue weighted by Gasteiger charge is 2.16. The topological polar surface area (TPSA) is 84.3 Å². The number of amides is 1. The number of aromatic nitrogens is 2. The van der Waals surface area contributed by atoms with Crippen molar-refractivity contribution in [3.8, 4) is 0 Å². The number of nitrogens with one attached hydrogen (secondary N) is 1. The molecule has 1 N–H and O–H groups in total. The molecular formula is C10H18N4O3S. The van der Waals surface area contributed by atoms with Gasteiger partial charge in [0.25, 0.3) is 0 Å². The van der Waals surface area contributed by atoms with Crippen molar-refractivity contribution in [1.29, 1.82) is 0 Å². The van der Waals surface area contributed by atoms with Crippen molar-refractivity contribution in [2.45, 2.75) is 19.5 Å². The molecule has 0 aliphatic heterocycles. The quantitative estimate of drug-likeness (QED) is 0.742. The van der Waals surface area contributed by atoms with Gasteiger partial charge < -0.3 is 5.32 Å². The average molecular weight is 274 g/mol. The molecule has 1 amide bonds. The molecule has 1 unspecified atom stereocenters. The van der Waals surface area contributed by atoms with Crippen LogP contribution in [0.25, 0.3) is 0 Å². The standard InChI is InChI=1S/C10H18N4O3S/c1-9(7-14-6-4-5-11-14)12-10(15)8-13(2)18(3,16)17/h4-6,9H,7-8H2,1-3H3,(H,12,15). The summed E-state index contributed by atoms with van der Waals surface area (Å²) in [7, 11) is -1.96. The second kappa shape index (κ2) is 5.96. The van der Waals surface area contributed by atoms with Crippen LogP contribution in [0.15, 0.2) is 18.5 Å². The van der Waals surface area contributed by atoms with E-state index in [1.54, 1.807) is 23.1 Å². The van der Waals surface area contributed by atoms with Crippen molar-refractivity contribution < 1.29 is 13.2 Å². The second-order valence-electron chi connectivity index (χ2n) is 4.22. The van der Waals surface area contributed by atoms with E-state index in [9.17, 15) is 13.2 Å². The molecular weight excluding hydrogens is 256 g/mol. The van der Waals surface area contributed by atoms with Crippen molar-refractivity contribution in [1.82, 2.24) is 19.4 Å². The van der Waals surface area contributed by atoms with Crippen LogP contribution in [-0.2, 0) is 21.4 Å². The second-order valence-corrected chi connectivity index (χ2v) is 6.31. The molecule has 8 heteroatoms. The summed E-state index contributed by atoms with van der Waals surface area (Å²) in [6, 6.07) is 1.68. The molecule has 0 aliphatic rings. The fourth-order valence-electron chi connectivity index (χ4n) is 1.37. The molecule has 1 rings (SSSR count). The van der Waals surface area contributed by atoms with Gasteiger partial charge in [-0.2, -0.15) is 9.40 Å². The van der Waals surface area contributed by atoms with Crippen LogP contribution in [0.3, 0.4) is 0 Å². The Kier molecular flexibility index (Phi) is 4.85. The van der Waals surface area contributed by atoms with E-state index in [2.05, 4.69) is 10.4 Å². The van der Waals surface area contributed by atoms with Gasteiger partial charge in [0, 0.05) is 25.5 Å². The third-order valence-corrected chi connectivity index (χ3v) is 3.62. The van der Waals surface area contributed by atoms with Gasteiger partial charge in [-0.05, 0) is 13.0 Å². The zero-order chi connectivity index (χ0) is 13.8. The molecule has 18 heavy (non-hydrogen) atoms. The molecule has 0 aromatic carbocycles. The van der Waals surface area contributed by atoms with Crippen molar-refractivity contribution in [3.05, 3.63) is 18.5 Å². The Morgan fingerprint density at radius 2 is 2.22 bits per heavy atom. The van der Waals surface area contributed by atoms with Crippen LogP contribution in [-0.4, -0.2) is 54.3 Å². The lowest BCUT2D eigenvalue weighted by Crippen LogP contribution is -2.42. The highest BCUT2D eigenvalue weighted by molar-refractivity contribution is 7.88. The van der Waals surface area contributed by atoms with Gasteiger partial charge in [0.05, 0.1) is 19.3 Å². The minimum Gasteiger partial charge on any atom is -0.351 e. The molecule has 1 heterocycles. The molecule has 0 saturated heterocycles. The maximum Gasteiger partial charge on any atom is 0.235 e. The number of carbonyl (C=O) groups excluding carboxylic acids is 1. The third-order valence-electron chi connectivity index (χ3n) is 2.36. The molecule has 7 nitrogen and oxygen atoms in total. The number of hydrogen-bond donors (Lipinski definition) is 1. The summed E-state index contributed by atoms with van der Waals surface area (Å²) in [5, 5.41) is 6.74. The van der Waals surface area contributed by atoms with Gasteiger partial charge in [0.2, 0.25) is 15.9 Å². The minimum absolute atomic E-state index is 0.120. The van der Waals surface area contributed by atoms with E-state index in [1.807, 2.05) is 6.92 Å². The number of carbonyl (C=O) groups is 1. The Morgan fingerprint density at radius 1 is 1.56 bits per heavy atom. The summed E-state index contributed by atoms with van der Waals surface area (Å²) in [6.07, 6.45) is 4.52. The summed E-state index contributed by atoms with van der Waals surface area (Å²) in [6.45, 7) is 2.20. The monoisotopic (exact) mass is 274 g/mol. The molecule has 1 aromatic rings. The van der Waals surface area contributed by atoms with Crippen LogP contribution >= 0.6 is 0 Å². The average Bonchev–Trinajstić information content (AvgIpc) is 2.67. The molecule has 0 aliphatic carbocycles. The molecule has 1 aromatic heterocycles. The van der Waals surface area contributed by atoms with Gasteiger partial charge in [-0.25, -0.2) is 8.42 Å². The SMILES string of the molecule is CC(Cn1cccn1)NC(=O)CN(C)S(C)(=O)=O. The van der Waals surface area contributed by atoms with E-state index in [-0.39, 0.29) is 18.5 Å². The van der Waals surface area contributed by atoms with Crippen LogP contribution < -0.4 is 5.32 Å². The van der Waals surface area contributed by atoms with Gasteiger partial charge in [0.1, 0.15) is 0 Å². The lowest BCUT2D eigenvalue weighted by atomic mass is 10.3. The molecule has 0 radical (unpaired) electrons. The van der Waals surface area contributed by atoms with E-state index in [0.717, 1.165) is 10.6 Å². The zero-order valence-corrected chi connectivity index (χ0v) is 11.5. The number of rotatable bonds is 6. The van der Waals surface area contributed by atoms with Gasteiger partial charge in [-0.3, -0.25) is 9.48 Å². The molecule has 0 spiro atoms. The highest BCUT2D eigenvalue weighted by Crippen LogP contribution is 1.94. The zero-order valence-electron chi connectivity index (χ0n) is 10.7. The Bertz CT molecular complexity index is 483. The Hall–Kier alpha value is -1.41. The van der Waals surface area contributed by atoms with E-state index < -0.39 is 10.0 Å². The van der Waals surface area contributed by atoms with Crippen LogP contribution in [0, 0.1) is 0 Å². The largest absolute Gasteiger partial charge is 0.351 e. The van der Waals surface area contributed by atoms with Crippen molar-refractivity contribution >= 4 is 15.9 Å². The van der Waals surface area contributed by atoms with Crippen LogP contribution in [0.5, 0.6) is 0 Å². The minimum atomic E-state index is -3.33. The van der Waals surface area contributed by atoms with E-state index >= 15 is 0 Å². The van der Waals surface area contributed by atoms with Gasteiger partial charge in [-0.1, -0.05) is 0 Å². The fraction of sp³-hybridized carbons (Fsp3) is 0.600. The van der Waals surface area contributed by atoms with E-state index in [4.69, 9.17) is 0 Å². The molecule has 0 bridgehead atoms. The maximum absolute atomic E-state index is 11.6. The first-order valence-corrected chi connectivity index (χ1v) is 7.32. The summed E-state index contributed by atoms with van der Waals surface area (Å²) in [4.78, 5) is 11.6. The van der Waals surface area contributed by atoms with Gasteiger partial charge in [0.15, 0.2) is 0 Å². The summed E-state index contributed by atoms with van der Waals surface area (Å²) >= 11 is 0. The van der Waals surface area contributed by atoms with E-state index in [0.29, 0.717) is 6.54 Å². The Balaban J connectivity index is 2.40. The molecule has 102 valence electrons. The number of hydrogen-bond acceptors (Lipinski definition) is 4. The highest BCUT2D eigenvalue weighted by atomic mass is 32.2. The maximum atomic E-state index is 11.6. The third kappa shape index (κ3) is 4.84. The molecule has 0 saturated carbocycles. The van der Waals surface area contributed by atoms with Crippen molar-refractivity contribution in [3.63, 3.8) is 0 Å². The first kappa shape index (κ1) is 14.7. The number of nitrogens with zero attached hydrogens (tertiary/aromatic N) is 3. The summed E-state index contributed by atoms with van der Waals surface area (Å²) < 4.78 is 25.0. The summed E-state index contributed by atoms with van der Waals surface area (Å²) in [5.41, 5.74) is 0. The Morgan fingerprint density at radius 3 is 2.72 bits per heavy atom.